The van der Waals surface area contributed by atoms with E-state index in [1.54, 1.807) is 0 Å². The Hall–Kier alpha value is -2.84. The van der Waals surface area contributed by atoms with Crippen LogP contribution >= 0.6 is 15.9 Å². The van der Waals surface area contributed by atoms with Crippen molar-refractivity contribution < 1.29 is 0 Å². The van der Waals surface area contributed by atoms with Gasteiger partial charge in [0.25, 0.3) is 0 Å². The summed E-state index contributed by atoms with van der Waals surface area (Å²) in [4.78, 5) is 4.73. The number of aromatic nitrogens is 2. The fraction of sp³-hybridized carbons (Fsp3) is 0.143. The van der Waals surface area contributed by atoms with Crippen molar-refractivity contribution in [3.8, 4) is 6.07 Å². The van der Waals surface area contributed by atoms with Gasteiger partial charge in [-0.25, -0.2) is 4.98 Å². The van der Waals surface area contributed by atoms with E-state index in [0.29, 0.717) is 11.2 Å². The summed E-state index contributed by atoms with van der Waals surface area (Å²) in [5.41, 5.74) is 6.31. The molecule has 2 aromatic carbocycles. The number of para-hydroxylation sites is 2. The van der Waals surface area contributed by atoms with E-state index in [-0.39, 0.29) is 0 Å². The van der Waals surface area contributed by atoms with Crippen molar-refractivity contribution in [2.45, 2.75) is 20.3 Å². The zero-order valence-corrected chi connectivity index (χ0v) is 16.1. The molecule has 5 heteroatoms. The van der Waals surface area contributed by atoms with Gasteiger partial charge in [-0.3, -0.25) is 4.40 Å². The SMILES string of the molecule is CCc1c(C)c(C#N)c2nc3ccccc3n2c1Nc1ccc(Br)cc1. The Morgan fingerprint density at radius 3 is 2.58 bits per heavy atom. The molecule has 0 saturated heterocycles. The van der Waals surface area contributed by atoms with E-state index < -0.39 is 0 Å². The molecule has 0 saturated carbocycles. The van der Waals surface area contributed by atoms with Gasteiger partial charge >= 0.3 is 0 Å². The van der Waals surface area contributed by atoms with Crippen molar-refractivity contribution in [2.75, 3.05) is 5.32 Å². The molecular weight excluding hydrogens is 388 g/mol. The summed E-state index contributed by atoms with van der Waals surface area (Å²) in [5.74, 6) is 0.968. The maximum absolute atomic E-state index is 9.74. The average Bonchev–Trinajstić information content (AvgIpc) is 3.03. The number of pyridine rings is 1. The van der Waals surface area contributed by atoms with Crippen LogP contribution in [0.4, 0.5) is 11.5 Å². The smallest absolute Gasteiger partial charge is 0.157 e. The van der Waals surface area contributed by atoms with Crippen LogP contribution in [0.25, 0.3) is 16.7 Å². The summed E-state index contributed by atoms with van der Waals surface area (Å²) in [5, 5.41) is 13.3. The molecule has 0 spiro atoms. The molecule has 0 fully saturated rings. The van der Waals surface area contributed by atoms with Crippen LogP contribution in [0.5, 0.6) is 0 Å². The van der Waals surface area contributed by atoms with Crippen molar-refractivity contribution in [2.24, 2.45) is 0 Å². The Morgan fingerprint density at radius 1 is 1.15 bits per heavy atom. The van der Waals surface area contributed by atoms with Crippen LogP contribution < -0.4 is 5.32 Å². The first kappa shape index (κ1) is 16.6. The summed E-state index contributed by atoms with van der Waals surface area (Å²) in [7, 11) is 0. The van der Waals surface area contributed by atoms with Crippen LogP contribution in [0.15, 0.2) is 53.0 Å². The van der Waals surface area contributed by atoms with Crippen LogP contribution in [0.3, 0.4) is 0 Å². The number of rotatable bonds is 3. The second kappa shape index (κ2) is 6.47. The second-order valence-corrected chi connectivity index (χ2v) is 7.10. The van der Waals surface area contributed by atoms with Gasteiger partial charge in [0.1, 0.15) is 11.9 Å². The van der Waals surface area contributed by atoms with Crippen LogP contribution in [0, 0.1) is 18.3 Å². The summed E-state index contributed by atoms with van der Waals surface area (Å²) in [6.07, 6.45) is 0.821. The molecule has 0 aliphatic heterocycles. The van der Waals surface area contributed by atoms with Gasteiger partial charge in [-0.2, -0.15) is 5.26 Å². The Bertz CT molecular complexity index is 1170. The van der Waals surface area contributed by atoms with E-state index in [9.17, 15) is 5.26 Å². The highest BCUT2D eigenvalue weighted by Gasteiger charge is 2.19. The fourth-order valence-electron chi connectivity index (χ4n) is 3.42. The van der Waals surface area contributed by atoms with Crippen molar-refractivity contribution in [1.29, 1.82) is 5.26 Å². The summed E-state index contributed by atoms with van der Waals surface area (Å²) < 4.78 is 3.11. The van der Waals surface area contributed by atoms with Gasteiger partial charge in [-0.05, 0) is 60.9 Å². The molecule has 4 aromatic rings. The molecular formula is C21H17BrN4. The first-order valence-corrected chi connectivity index (χ1v) is 9.28. The molecule has 26 heavy (non-hydrogen) atoms. The first-order valence-electron chi connectivity index (χ1n) is 8.49. The molecule has 2 heterocycles. The van der Waals surface area contributed by atoms with Gasteiger partial charge in [-0.15, -0.1) is 0 Å². The van der Waals surface area contributed by atoms with Gasteiger partial charge in [0, 0.05) is 10.2 Å². The van der Waals surface area contributed by atoms with E-state index in [2.05, 4.69) is 38.6 Å². The monoisotopic (exact) mass is 404 g/mol. The number of nitrogens with zero attached hydrogens (tertiary/aromatic N) is 3. The maximum Gasteiger partial charge on any atom is 0.157 e. The quantitative estimate of drug-likeness (QED) is 0.473. The van der Waals surface area contributed by atoms with Crippen LogP contribution in [-0.4, -0.2) is 9.38 Å². The number of imidazole rings is 1. The highest BCUT2D eigenvalue weighted by molar-refractivity contribution is 9.10. The van der Waals surface area contributed by atoms with Gasteiger partial charge in [0.2, 0.25) is 0 Å². The molecule has 0 radical (unpaired) electrons. The summed E-state index contributed by atoms with van der Waals surface area (Å²) >= 11 is 3.48. The van der Waals surface area contributed by atoms with Gasteiger partial charge in [0.05, 0.1) is 16.6 Å². The predicted molar refractivity (Wildman–Crippen MR) is 109 cm³/mol. The number of fused-ring (bicyclic) bond motifs is 3. The zero-order chi connectivity index (χ0) is 18.3. The molecule has 2 aromatic heterocycles. The fourth-order valence-corrected chi connectivity index (χ4v) is 3.68. The highest BCUT2D eigenvalue weighted by Crippen LogP contribution is 2.33. The lowest BCUT2D eigenvalue weighted by atomic mass is 10.0. The normalized spacial score (nSPS) is 11.0. The Kier molecular flexibility index (Phi) is 4.14. The topological polar surface area (TPSA) is 53.1 Å². The second-order valence-electron chi connectivity index (χ2n) is 6.18. The van der Waals surface area contributed by atoms with Crippen molar-refractivity contribution >= 4 is 44.1 Å². The van der Waals surface area contributed by atoms with Gasteiger partial charge < -0.3 is 5.32 Å². The third-order valence-corrected chi connectivity index (χ3v) is 5.22. The minimum absolute atomic E-state index is 0.638. The van der Waals surface area contributed by atoms with Gasteiger partial charge in [0.15, 0.2) is 5.65 Å². The van der Waals surface area contributed by atoms with Crippen molar-refractivity contribution in [1.82, 2.24) is 9.38 Å². The minimum atomic E-state index is 0.638. The largest absolute Gasteiger partial charge is 0.341 e. The lowest BCUT2D eigenvalue weighted by Gasteiger charge is -2.18. The molecule has 4 rings (SSSR count). The number of nitrogens with one attached hydrogen (secondary N) is 1. The summed E-state index contributed by atoms with van der Waals surface area (Å²) in [6, 6.07) is 18.4. The number of hydrogen-bond donors (Lipinski definition) is 1. The Labute approximate surface area is 160 Å². The molecule has 0 unspecified atom stereocenters. The van der Waals surface area contributed by atoms with Crippen molar-refractivity contribution in [3.63, 3.8) is 0 Å². The number of halogens is 1. The molecule has 0 aliphatic carbocycles. The Balaban J connectivity index is 2.09. The zero-order valence-electron chi connectivity index (χ0n) is 14.5. The highest BCUT2D eigenvalue weighted by atomic mass is 79.9. The van der Waals surface area contributed by atoms with E-state index in [0.717, 1.165) is 44.6 Å². The minimum Gasteiger partial charge on any atom is -0.341 e. The number of anilines is 2. The summed E-state index contributed by atoms with van der Waals surface area (Å²) in [6.45, 7) is 4.12. The molecule has 4 nitrogen and oxygen atoms in total. The molecule has 0 amide bonds. The van der Waals surface area contributed by atoms with Crippen LogP contribution in [0.1, 0.15) is 23.6 Å². The van der Waals surface area contributed by atoms with Crippen LogP contribution in [-0.2, 0) is 6.42 Å². The lowest BCUT2D eigenvalue weighted by Crippen LogP contribution is -2.07. The van der Waals surface area contributed by atoms with Crippen LogP contribution in [0.2, 0.25) is 0 Å². The third-order valence-electron chi connectivity index (χ3n) is 4.69. The predicted octanol–water partition coefficient (Wildman–Crippen LogP) is 5.74. The molecule has 128 valence electrons. The average molecular weight is 405 g/mol. The van der Waals surface area contributed by atoms with E-state index >= 15 is 0 Å². The molecule has 0 atom stereocenters. The molecule has 0 bridgehead atoms. The van der Waals surface area contributed by atoms with E-state index in [1.807, 2.05) is 55.5 Å². The maximum atomic E-state index is 9.74. The number of hydrogen-bond acceptors (Lipinski definition) is 3. The van der Waals surface area contributed by atoms with Gasteiger partial charge in [-0.1, -0.05) is 35.0 Å². The van der Waals surface area contributed by atoms with E-state index in [1.165, 1.54) is 0 Å². The Morgan fingerprint density at radius 2 is 1.88 bits per heavy atom. The standard InChI is InChI=1S/C21H17BrN4/c1-3-16-13(2)17(12-23)21-25-18-6-4-5-7-19(18)26(21)20(16)24-15-10-8-14(22)9-11-15/h4-11,24H,3H2,1-2H3. The van der Waals surface area contributed by atoms with Crippen molar-refractivity contribution in [3.05, 3.63) is 69.7 Å². The first-order chi connectivity index (χ1) is 12.6. The molecule has 1 N–H and O–H groups in total. The number of nitriles is 1. The van der Waals surface area contributed by atoms with E-state index in [4.69, 9.17) is 4.98 Å². The number of benzene rings is 2. The molecule has 0 aliphatic rings. The lowest BCUT2D eigenvalue weighted by molar-refractivity contribution is 1.05. The third kappa shape index (κ3) is 2.54.